The Labute approximate surface area is 211 Å². The minimum Gasteiger partial charge on any atom is -0.394 e. The zero-order valence-corrected chi connectivity index (χ0v) is 23.8. The van der Waals surface area contributed by atoms with Gasteiger partial charge in [-0.15, -0.1) is 0 Å². The molecule has 0 saturated carbocycles. The van der Waals surface area contributed by atoms with Crippen molar-refractivity contribution < 1.29 is 152 Å². The molecule has 0 bridgehead atoms. The standard InChI is InChI=1S/C6H10ClN3O4.3Ac/c7-6-3(9-10-8)5(13)4(12)2(1-11)14-6;;;/h2-6,11-13H,1H2;;;/t2?,3-,4?,5?,6+;;;/m0.../s1. The van der Waals surface area contributed by atoms with Gasteiger partial charge in [0, 0.05) is 137 Å². The van der Waals surface area contributed by atoms with Gasteiger partial charge in [-0.3, -0.25) is 0 Å². The van der Waals surface area contributed by atoms with E-state index in [0.29, 0.717) is 0 Å². The molecule has 1 aliphatic rings. The summed E-state index contributed by atoms with van der Waals surface area (Å²) in [5.74, 6) is 0. The molecule has 89 valence electrons. The van der Waals surface area contributed by atoms with Gasteiger partial charge in [-0.1, -0.05) is 16.7 Å². The first-order chi connectivity index (χ1) is 6.61. The van der Waals surface area contributed by atoms with E-state index in [1.165, 1.54) is 0 Å². The summed E-state index contributed by atoms with van der Waals surface area (Å²) in [7, 11) is 0. The molecule has 0 aromatic carbocycles. The van der Waals surface area contributed by atoms with Gasteiger partial charge >= 0.3 is 0 Å². The van der Waals surface area contributed by atoms with Crippen molar-refractivity contribution >= 4 is 11.6 Å². The first-order valence-electron chi connectivity index (χ1n) is 3.92. The second kappa shape index (κ2) is 13.4. The van der Waals surface area contributed by atoms with E-state index in [1.807, 2.05) is 0 Å². The van der Waals surface area contributed by atoms with E-state index in [-0.39, 0.29) is 132 Å². The van der Waals surface area contributed by atoms with Crippen LogP contribution in [0.15, 0.2) is 5.11 Å². The van der Waals surface area contributed by atoms with Crippen molar-refractivity contribution in [2.24, 2.45) is 5.11 Å². The van der Waals surface area contributed by atoms with Gasteiger partial charge in [-0.2, -0.15) is 0 Å². The number of hydrogen-bond acceptors (Lipinski definition) is 5. The van der Waals surface area contributed by atoms with Crippen LogP contribution < -0.4 is 0 Å². The van der Waals surface area contributed by atoms with Crippen LogP contribution >= 0.6 is 11.6 Å². The SMILES string of the molecule is [Ac].[Ac].[Ac].[N-]=[N+]=N[C@H]1C(O)C(O)C(CO)O[C@H]1Cl. The topological polar surface area (TPSA) is 119 Å². The molecule has 0 aromatic rings. The average Bonchev–Trinajstić information content (AvgIpc) is 2.18. The quantitative estimate of drug-likeness (QED) is 0.148. The van der Waals surface area contributed by atoms with E-state index in [4.69, 9.17) is 27.0 Å². The summed E-state index contributed by atoms with van der Waals surface area (Å²) in [5, 5.41) is 30.8. The van der Waals surface area contributed by atoms with Crippen molar-refractivity contribution in [1.29, 1.82) is 0 Å². The Morgan fingerprint density at radius 1 is 1.24 bits per heavy atom. The second-order valence-electron chi connectivity index (χ2n) is 2.88. The molecular formula is C6H10Ac3ClN3O4. The average molecular weight is 905 g/mol. The maximum Gasteiger partial charge on any atom is 0.142 e. The third-order valence-electron chi connectivity index (χ3n) is 2.02. The summed E-state index contributed by atoms with van der Waals surface area (Å²) >= 11 is 5.63. The Kier molecular flexibility index (Phi) is 20.3. The van der Waals surface area contributed by atoms with Crippen LogP contribution in [0.2, 0.25) is 0 Å². The fourth-order valence-corrected chi connectivity index (χ4v) is 1.57. The Morgan fingerprint density at radius 3 is 2.18 bits per heavy atom. The van der Waals surface area contributed by atoms with Crippen LogP contribution in [0.4, 0.5) is 0 Å². The van der Waals surface area contributed by atoms with Gasteiger partial charge in [-0.25, -0.2) is 0 Å². The number of azide groups is 1. The molecule has 1 aliphatic heterocycles. The first-order valence-corrected chi connectivity index (χ1v) is 4.36. The molecule has 7 nitrogen and oxygen atoms in total. The fraction of sp³-hybridized carbons (Fsp3) is 1.00. The van der Waals surface area contributed by atoms with Crippen LogP contribution in [0.25, 0.3) is 10.4 Å². The first kappa shape index (κ1) is 25.7. The van der Waals surface area contributed by atoms with Crippen LogP contribution in [-0.2, 0) is 4.74 Å². The molecular weight excluding hydrogens is 895 g/mol. The van der Waals surface area contributed by atoms with Gasteiger partial charge < -0.3 is 20.1 Å². The van der Waals surface area contributed by atoms with Gasteiger partial charge in [-0.05, 0) is 5.53 Å². The van der Waals surface area contributed by atoms with Gasteiger partial charge in [0.2, 0.25) is 0 Å². The normalized spacial score (nSPS) is 35.4. The molecule has 17 heavy (non-hydrogen) atoms. The largest absolute Gasteiger partial charge is 0.394 e. The van der Waals surface area contributed by atoms with E-state index in [1.54, 1.807) is 0 Å². The van der Waals surface area contributed by atoms with Crippen LogP contribution in [0.1, 0.15) is 0 Å². The number of hydrogen-bond donors (Lipinski definition) is 3. The van der Waals surface area contributed by atoms with E-state index < -0.39 is 36.5 Å². The molecule has 3 unspecified atom stereocenters. The number of aliphatic hydroxyl groups is 3. The van der Waals surface area contributed by atoms with Crippen LogP contribution in [0, 0.1) is 132 Å². The molecule has 3 N–H and O–H groups in total. The van der Waals surface area contributed by atoms with Gasteiger partial charge in [0.15, 0.2) is 0 Å². The van der Waals surface area contributed by atoms with Crippen LogP contribution in [0.5, 0.6) is 0 Å². The molecule has 1 fully saturated rings. The molecule has 0 amide bonds. The molecule has 5 atom stereocenters. The fourth-order valence-electron chi connectivity index (χ4n) is 1.24. The molecule has 3 radical (unpaired) electrons. The number of nitrogens with zero attached hydrogens (tertiary/aromatic N) is 3. The molecule has 0 aromatic heterocycles. The third kappa shape index (κ3) is 7.54. The molecule has 1 heterocycles. The molecule has 1 rings (SSSR count). The molecule has 0 spiro atoms. The molecule has 0 aliphatic carbocycles. The predicted molar refractivity (Wildman–Crippen MR) is 46.5 cm³/mol. The van der Waals surface area contributed by atoms with E-state index in [2.05, 4.69) is 10.0 Å². The van der Waals surface area contributed by atoms with Crippen molar-refractivity contribution in [3.8, 4) is 0 Å². The van der Waals surface area contributed by atoms with Crippen molar-refractivity contribution in [2.45, 2.75) is 29.9 Å². The number of aliphatic hydroxyl groups excluding tert-OH is 3. The summed E-state index contributed by atoms with van der Waals surface area (Å²) in [6.07, 6.45) is -3.61. The van der Waals surface area contributed by atoms with Crippen molar-refractivity contribution in [2.75, 3.05) is 6.61 Å². The molecule has 11 heteroatoms. The van der Waals surface area contributed by atoms with Gasteiger partial charge in [0.1, 0.15) is 23.8 Å². The van der Waals surface area contributed by atoms with E-state index >= 15 is 0 Å². The summed E-state index contributed by atoms with van der Waals surface area (Å²) in [6, 6.07) is -1.06. The Balaban J connectivity index is -0.000000653. The maximum atomic E-state index is 9.45. The maximum absolute atomic E-state index is 9.45. The van der Waals surface area contributed by atoms with Crippen LogP contribution in [0.3, 0.4) is 0 Å². The smallest absolute Gasteiger partial charge is 0.142 e. The zero-order chi connectivity index (χ0) is 10.7. The Bertz CT molecular complexity index is 259. The molecule has 1 saturated heterocycles. The number of alkyl halides is 1. The van der Waals surface area contributed by atoms with Gasteiger partial charge in [0.05, 0.1) is 12.7 Å². The van der Waals surface area contributed by atoms with Gasteiger partial charge in [0.25, 0.3) is 0 Å². The van der Waals surface area contributed by atoms with Crippen molar-refractivity contribution in [3.63, 3.8) is 0 Å². The summed E-state index contributed by atoms with van der Waals surface area (Å²) in [5.41, 5.74) is 7.11. The Hall–Kier alpha value is 3.76. The summed E-state index contributed by atoms with van der Waals surface area (Å²) in [6.45, 7) is -0.468. The monoisotopic (exact) mass is 904 g/mol. The van der Waals surface area contributed by atoms with Crippen molar-refractivity contribution in [1.82, 2.24) is 0 Å². The predicted octanol–water partition coefficient (Wildman–Crippen LogP) is -0.657. The third-order valence-corrected chi connectivity index (χ3v) is 2.38. The van der Waals surface area contributed by atoms with E-state index in [9.17, 15) is 10.2 Å². The minimum absolute atomic E-state index is 0. The number of ether oxygens (including phenoxy) is 1. The van der Waals surface area contributed by atoms with Crippen LogP contribution in [-0.4, -0.2) is 51.8 Å². The number of halogens is 1. The Morgan fingerprint density at radius 2 is 1.76 bits per heavy atom. The zero-order valence-electron chi connectivity index (χ0n) is 8.80. The van der Waals surface area contributed by atoms with Crippen molar-refractivity contribution in [3.05, 3.63) is 10.4 Å². The number of rotatable bonds is 2. The van der Waals surface area contributed by atoms with E-state index in [0.717, 1.165) is 0 Å². The minimum atomic E-state index is -1.33. The summed E-state index contributed by atoms with van der Waals surface area (Å²) < 4.78 is 4.92. The summed E-state index contributed by atoms with van der Waals surface area (Å²) in [4.78, 5) is 2.47. The second-order valence-corrected chi connectivity index (χ2v) is 3.32.